The van der Waals surface area contributed by atoms with Gasteiger partial charge in [-0.05, 0) is 61.0 Å². The molecule has 0 heterocycles. The maximum absolute atomic E-state index is 13.2. The molecule has 0 aromatic heterocycles. The van der Waals surface area contributed by atoms with Crippen LogP contribution < -0.4 is 0 Å². The van der Waals surface area contributed by atoms with Crippen molar-refractivity contribution < 1.29 is 29.0 Å². The van der Waals surface area contributed by atoms with Crippen molar-refractivity contribution in [3.05, 3.63) is 35.4 Å². The first-order valence-corrected chi connectivity index (χ1v) is 10.3. The molecule has 0 amide bonds. The van der Waals surface area contributed by atoms with Crippen molar-refractivity contribution in [2.45, 2.75) is 84.5 Å². The second-order valence-electron chi connectivity index (χ2n) is 10.5. The van der Waals surface area contributed by atoms with Crippen LogP contribution in [0.4, 0.5) is 0 Å². The van der Waals surface area contributed by atoms with Crippen molar-refractivity contribution in [3.8, 4) is 0 Å². The minimum absolute atomic E-state index is 0.330. The van der Waals surface area contributed by atoms with Crippen LogP contribution in [-0.4, -0.2) is 39.6 Å². The molecular formula is C24H34O6. The first-order valence-electron chi connectivity index (χ1n) is 10.3. The lowest BCUT2D eigenvalue weighted by atomic mass is 9.61. The van der Waals surface area contributed by atoms with Crippen LogP contribution in [0, 0.1) is 18.8 Å². The van der Waals surface area contributed by atoms with E-state index >= 15 is 0 Å². The predicted octanol–water partition coefficient (Wildman–Crippen LogP) is 3.72. The van der Waals surface area contributed by atoms with Gasteiger partial charge in [-0.15, -0.1) is 0 Å². The highest BCUT2D eigenvalue weighted by molar-refractivity contribution is 6.03. The molecule has 1 fully saturated rings. The molecule has 166 valence electrons. The molecule has 1 saturated carbocycles. The summed E-state index contributed by atoms with van der Waals surface area (Å²) in [7, 11) is 0. The van der Waals surface area contributed by atoms with E-state index in [1.165, 1.54) is 6.92 Å². The largest absolute Gasteiger partial charge is 0.460 e. The maximum atomic E-state index is 13.2. The summed E-state index contributed by atoms with van der Waals surface area (Å²) in [6.07, 6.45) is -0.330. The Morgan fingerprint density at radius 2 is 1.43 bits per heavy atom. The first-order chi connectivity index (χ1) is 13.5. The highest BCUT2D eigenvalue weighted by Crippen LogP contribution is 2.47. The maximum Gasteiger partial charge on any atom is 0.317 e. The molecule has 0 radical (unpaired) electrons. The summed E-state index contributed by atoms with van der Waals surface area (Å²) >= 11 is 0. The zero-order valence-corrected chi connectivity index (χ0v) is 19.2. The molecule has 0 aliphatic heterocycles. The molecule has 4 unspecified atom stereocenters. The van der Waals surface area contributed by atoms with Crippen molar-refractivity contribution in [2.24, 2.45) is 11.8 Å². The third-order valence-corrected chi connectivity index (χ3v) is 5.05. The molecule has 2 rings (SSSR count). The Morgan fingerprint density at radius 1 is 0.967 bits per heavy atom. The number of ether oxygens (including phenoxy) is 2. The van der Waals surface area contributed by atoms with Crippen LogP contribution in [0.2, 0.25) is 0 Å². The van der Waals surface area contributed by atoms with Crippen LogP contribution in [0.25, 0.3) is 0 Å². The van der Waals surface area contributed by atoms with Crippen molar-refractivity contribution in [1.29, 1.82) is 0 Å². The molecule has 1 aliphatic rings. The Kier molecular flexibility index (Phi) is 6.53. The molecule has 0 bridgehead atoms. The fraction of sp³-hybridized carbons (Fsp3) is 0.625. The Hall–Kier alpha value is -2.21. The van der Waals surface area contributed by atoms with Gasteiger partial charge in [0, 0.05) is 12.3 Å². The van der Waals surface area contributed by atoms with Crippen LogP contribution in [0.5, 0.6) is 0 Å². The lowest BCUT2D eigenvalue weighted by Crippen LogP contribution is -2.56. The summed E-state index contributed by atoms with van der Waals surface area (Å²) in [5.41, 5.74) is -1.63. The van der Waals surface area contributed by atoms with Gasteiger partial charge in [-0.25, -0.2) is 0 Å². The van der Waals surface area contributed by atoms with E-state index in [1.807, 2.05) is 19.1 Å². The number of ketones is 1. The van der Waals surface area contributed by atoms with Gasteiger partial charge in [-0.3, -0.25) is 14.4 Å². The normalized spacial score (nSPS) is 27.5. The standard InChI is InChI=1S/C24H34O6/c1-14-9-11-15(12-10-14)17-18(20(26)29-22(2,3)4)16(25)13-24(8,28)19(17)21(27)30-23(5,6)7/h9-12,17-19,28H,13H2,1-8H3. The van der Waals surface area contributed by atoms with E-state index in [1.54, 1.807) is 53.7 Å². The van der Waals surface area contributed by atoms with Crippen LogP contribution in [0.3, 0.4) is 0 Å². The van der Waals surface area contributed by atoms with Crippen molar-refractivity contribution in [1.82, 2.24) is 0 Å². The molecule has 1 aliphatic carbocycles. The number of rotatable bonds is 3. The molecule has 6 nitrogen and oxygen atoms in total. The van der Waals surface area contributed by atoms with Gasteiger partial charge in [0.1, 0.15) is 17.1 Å². The molecule has 1 aromatic carbocycles. The van der Waals surface area contributed by atoms with Crippen LogP contribution in [0.15, 0.2) is 24.3 Å². The van der Waals surface area contributed by atoms with E-state index in [-0.39, 0.29) is 6.42 Å². The zero-order chi connectivity index (χ0) is 23.1. The summed E-state index contributed by atoms with van der Waals surface area (Å²) in [6, 6.07) is 7.26. The van der Waals surface area contributed by atoms with Crippen LogP contribution in [-0.2, 0) is 23.9 Å². The number of benzene rings is 1. The molecule has 0 saturated heterocycles. The van der Waals surface area contributed by atoms with Gasteiger partial charge in [0.25, 0.3) is 0 Å². The number of carbonyl (C=O) groups is 3. The summed E-state index contributed by atoms with van der Waals surface area (Å²) in [4.78, 5) is 39.3. The highest BCUT2D eigenvalue weighted by Gasteiger charge is 2.57. The average Bonchev–Trinajstić information content (AvgIpc) is 2.50. The fourth-order valence-electron chi connectivity index (χ4n) is 3.93. The lowest BCUT2D eigenvalue weighted by Gasteiger charge is -2.44. The van der Waals surface area contributed by atoms with Crippen molar-refractivity contribution in [2.75, 3.05) is 0 Å². The monoisotopic (exact) mass is 418 g/mol. The Morgan fingerprint density at radius 3 is 1.90 bits per heavy atom. The molecule has 1 aromatic rings. The number of aryl methyl sites for hydroxylation is 1. The van der Waals surface area contributed by atoms with Gasteiger partial charge in [0.2, 0.25) is 0 Å². The SMILES string of the molecule is Cc1ccc(C2C(C(=O)OC(C)(C)C)C(=O)CC(C)(O)C2C(=O)OC(C)(C)C)cc1. The van der Waals surface area contributed by atoms with E-state index in [2.05, 4.69) is 0 Å². The van der Waals surface area contributed by atoms with E-state index in [0.717, 1.165) is 5.56 Å². The summed E-state index contributed by atoms with van der Waals surface area (Å²) in [6.45, 7) is 13.7. The number of carbonyl (C=O) groups excluding carboxylic acids is 3. The van der Waals surface area contributed by atoms with Gasteiger partial charge in [0.15, 0.2) is 5.78 Å². The van der Waals surface area contributed by atoms with Gasteiger partial charge < -0.3 is 14.6 Å². The molecule has 4 atom stereocenters. The van der Waals surface area contributed by atoms with E-state index in [0.29, 0.717) is 5.56 Å². The van der Waals surface area contributed by atoms with E-state index in [4.69, 9.17) is 9.47 Å². The van der Waals surface area contributed by atoms with Crippen LogP contribution >= 0.6 is 0 Å². The molecule has 0 spiro atoms. The Balaban J connectivity index is 2.62. The van der Waals surface area contributed by atoms with Gasteiger partial charge in [-0.1, -0.05) is 29.8 Å². The molecular weight excluding hydrogens is 384 g/mol. The highest BCUT2D eigenvalue weighted by atomic mass is 16.6. The number of esters is 2. The molecule has 6 heteroatoms. The number of aliphatic hydroxyl groups is 1. The topological polar surface area (TPSA) is 89.9 Å². The minimum atomic E-state index is -1.66. The van der Waals surface area contributed by atoms with Crippen LogP contribution in [0.1, 0.15) is 71.9 Å². The lowest BCUT2D eigenvalue weighted by molar-refractivity contribution is -0.182. The van der Waals surface area contributed by atoms with E-state index in [9.17, 15) is 19.5 Å². The van der Waals surface area contributed by atoms with Crippen molar-refractivity contribution >= 4 is 17.7 Å². The van der Waals surface area contributed by atoms with Gasteiger partial charge in [-0.2, -0.15) is 0 Å². The molecule has 30 heavy (non-hydrogen) atoms. The second-order valence-corrected chi connectivity index (χ2v) is 10.5. The Bertz CT molecular complexity index is 808. The number of Topliss-reactive ketones (excluding diaryl/α,β-unsaturated/α-hetero) is 1. The summed E-state index contributed by atoms with van der Waals surface area (Å²) < 4.78 is 11.1. The predicted molar refractivity (Wildman–Crippen MR) is 113 cm³/mol. The first kappa shape index (κ1) is 24.1. The van der Waals surface area contributed by atoms with Crippen molar-refractivity contribution in [3.63, 3.8) is 0 Å². The smallest absolute Gasteiger partial charge is 0.317 e. The van der Waals surface area contributed by atoms with Gasteiger partial charge >= 0.3 is 11.9 Å². The zero-order valence-electron chi connectivity index (χ0n) is 19.2. The number of hydrogen-bond donors (Lipinski definition) is 1. The third-order valence-electron chi connectivity index (χ3n) is 5.05. The Labute approximate surface area is 179 Å². The average molecular weight is 419 g/mol. The molecule has 1 N–H and O–H groups in total. The van der Waals surface area contributed by atoms with Gasteiger partial charge in [0.05, 0.1) is 11.5 Å². The number of hydrogen-bond acceptors (Lipinski definition) is 6. The van der Waals surface area contributed by atoms with E-state index < -0.39 is 52.3 Å². The summed E-state index contributed by atoms with van der Waals surface area (Å²) in [5, 5.41) is 11.1. The third kappa shape index (κ3) is 5.69. The second kappa shape index (κ2) is 8.14. The quantitative estimate of drug-likeness (QED) is 0.594. The fourth-order valence-corrected chi connectivity index (χ4v) is 3.93. The minimum Gasteiger partial charge on any atom is -0.460 e. The summed E-state index contributed by atoms with van der Waals surface area (Å²) in [5.74, 6) is -4.98.